The van der Waals surface area contributed by atoms with Gasteiger partial charge in [-0.2, -0.15) is 4.98 Å². The fourth-order valence-corrected chi connectivity index (χ4v) is 4.68. The molecular formula is C27H31N7O3. The molecule has 1 aliphatic rings. The topological polar surface area (TPSA) is 116 Å². The van der Waals surface area contributed by atoms with Gasteiger partial charge in [-0.3, -0.25) is 9.59 Å². The number of hydrogen-bond acceptors (Lipinski definition) is 8. The molecule has 37 heavy (non-hydrogen) atoms. The minimum atomic E-state index is -0.973. The highest BCUT2D eigenvalue weighted by Gasteiger charge is 2.33. The average molecular weight is 502 g/mol. The van der Waals surface area contributed by atoms with Gasteiger partial charge in [-0.1, -0.05) is 12.1 Å². The molecule has 0 fully saturated rings. The van der Waals surface area contributed by atoms with E-state index in [9.17, 15) is 9.59 Å². The van der Waals surface area contributed by atoms with E-state index in [1.54, 1.807) is 41.5 Å². The second-order valence-electron chi connectivity index (χ2n) is 10.0. The van der Waals surface area contributed by atoms with Crippen LogP contribution in [0.4, 0.5) is 11.6 Å². The number of carbonyl (C=O) groups is 1. The number of nitrogens with zero attached hydrogens (tertiary/aromatic N) is 5. The van der Waals surface area contributed by atoms with Gasteiger partial charge < -0.3 is 15.4 Å². The third-order valence-electron chi connectivity index (χ3n) is 6.75. The summed E-state index contributed by atoms with van der Waals surface area (Å²) in [6.07, 6.45) is 2.55. The summed E-state index contributed by atoms with van der Waals surface area (Å²) >= 11 is 0. The summed E-state index contributed by atoms with van der Waals surface area (Å²) in [5.41, 5.74) is 3.22. The van der Waals surface area contributed by atoms with Crippen molar-refractivity contribution in [1.29, 1.82) is 0 Å². The van der Waals surface area contributed by atoms with Crippen molar-refractivity contribution in [2.24, 2.45) is 0 Å². The van der Waals surface area contributed by atoms with Crippen LogP contribution in [0.25, 0.3) is 16.9 Å². The molecular weight excluding hydrogens is 470 g/mol. The molecule has 3 aromatic heterocycles. The summed E-state index contributed by atoms with van der Waals surface area (Å²) < 4.78 is 8.28. The molecule has 4 heterocycles. The Hall–Kier alpha value is -4.05. The van der Waals surface area contributed by atoms with Crippen LogP contribution in [0.2, 0.25) is 0 Å². The van der Waals surface area contributed by atoms with Gasteiger partial charge in [-0.15, -0.1) is 0 Å². The van der Waals surface area contributed by atoms with Gasteiger partial charge in [0.25, 0.3) is 5.56 Å². The lowest BCUT2D eigenvalue weighted by atomic mass is 9.89. The largest absolute Gasteiger partial charge is 0.468 e. The van der Waals surface area contributed by atoms with Gasteiger partial charge in [-0.05, 0) is 76.1 Å². The van der Waals surface area contributed by atoms with Gasteiger partial charge in [-0.25, -0.2) is 19.3 Å². The third-order valence-corrected chi connectivity index (χ3v) is 6.75. The number of benzene rings is 1. The molecule has 4 aromatic rings. The van der Waals surface area contributed by atoms with Gasteiger partial charge in [0, 0.05) is 24.5 Å². The highest BCUT2D eigenvalue weighted by Crippen LogP contribution is 2.26. The predicted molar refractivity (Wildman–Crippen MR) is 141 cm³/mol. The van der Waals surface area contributed by atoms with E-state index in [0.717, 1.165) is 25.2 Å². The van der Waals surface area contributed by atoms with Crippen molar-refractivity contribution in [3.05, 3.63) is 69.8 Å². The third kappa shape index (κ3) is 4.37. The zero-order chi connectivity index (χ0) is 26.3. The van der Waals surface area contributed by atoms with Crippen molar-refractivity contribution in [3.8, 4) is 5.82 Å². The molecule has 0 aliphatic carbocycles. The summed E-state index contributed by atoms with van der Waals surface area (Å²) in [5, 5.41) is 7.06. The SMILES string of the molecule is COC(=O)C(C)(C)c1cccc(-n2c3nc(Nc4ccc5c(c4)CNCC5)ncc3c(=O)n2C(C)C)n1. The Morgan fingerprint density at radius 2 is 1.97 bits per heavy atom. The number of methoxy groups -OCH3 is 1. The quantitative estimate of drug-likeness (QED) is 0.386. The van der Waals surface area contributed by atoms with E-state index in [2.05, 4.69) is 27.8 Å². The van der Waals surface area contributed by atoms with E-state index in [1.165, 1.54) is 18.2 Å². The minimum Gasteiger partial charge on any atom is -0.468 e. The Balaban J connectivity index is 1.62. The monoisotopic (exact) mass is 501 g/mol. The van der Waals surface area contributed by atoms with Gasteiger partial charge in [0.15, 0.2) is 11.5 Å². The van der Waals surface area contributed by atoms with Crippen LogP contribution in [0.1, 0.15) is 50.6 Å². The molecule has 5 rings (SSSR count). The molecule has 0 atom stereocenters. The second kappa shape index (κ2) is 9.44. The van der Waals surface area contributed by atoms with Crippen molar-refractivity contribution >= 4 is 28.6 Å². The molecule has 2 N–H and O–H groups in total. The van der Waals surface area contributed by atoms with Gasteiger partial charge in [0.05, 0.1) is 12.8 Å². The Morgan fingerprint density at radius 3 is 2.73 bits per heavy atom. The average Bonchev–Trinajstić information content (AvgIpc) is 3.20. The lowest BCUT2D eigenvalue weighted by Crippen LogP contribution is -2.32. The number of fused-ring (bicyclic) bond motifs is 2. The van der Waals surface area contributed by atoms with Crippen LogP contribution in [0.3, 0.4) is 0 Å². The maximum atomic E-state index is 13.4. The molecule has 0 saturated carbocycles. The Bertz CT molecular complexity index is 1550. The van der Waals surface area contributed by atoms with Crippen LogP contribution < -0.4 is 16.2 Å². The Kier molecular flexibility index (Phi) is 6.28. The molecule has 1 aromatic carbocycles. The predicted octanol–water partition coefficient (Wildman–Crippen LogP) is 3.40. The first-order valence-electron chi connectivity index (χ1n) is 12.4. The highest BCUT2D eigenvalue weighted by atomic mass is 16.5. The van der Waals surface area contributed by atoms with Crippen LogP contribution in [-0.2, 0) is 27.9 Å². The van der Waals surface area contributed by atoms with E-state index in [1.807, 2.05) is 26.0 Å². The van der Waals surface area contributed by atoms with Crippen LogP contribution in [0, 0.1) is 0 Å². The van der Waals surface area contributed by atoms with E-state index < -0.39 is 11.4 Å². The number of pyridine rings is 1. The highest BCUT2D eigenvalue weighted by molar-refractivity contribution is 5.81. The molecule has 0 spiro atoms. The summed E-state index contributed by atoms with van der Waals surface area (Å²) in [6, 6.07) is 11.4. The fraction of sp³-hybridized carbons (Fsp3) is 0.370. The van der Waals surface area contributed by atoms with Gasteiger partial charge >= 0.3 is 5.97 Å². The molecule has 0 saturated heterocycles. The van der Waals surface area contributed by atoms with Gasteiger partial charge in [0.1, 0.15) is 10.8 Å². The minimum absolute atomic E-state index is 0.176. The lowest BCUT2D eigenvalue weighted by molar-refractivity contribution is -0.146. The molecule has 0 amide bonds. The summed E-state index contributed by atoms with van der Waals surface area (Å²) in [7, 11) is 1.36. The molecule has 0 bridgehead atoms. The first kappa shape index (κ1) is 24.6. The van der Waals surface area contributed by atoms with Gasteiger partial charge in [0.2, 0.25) is 5.95 Å². The molecule has 10 nitrogen and oxygen atoms in total. The molecule has 192 valence electrons. The molecule has 1 aliphatic heterocycles. The lowest BCUT2D eigenvalue weighted by Gasteiger charge is -2.22. The molecule has 10 heteroatoms. The Labute approximate surface area is 214 Å². The first-order chi connectivity index (χ1) is 17.7. The van der Waals surface area contributed by atoms with Crippen molar-refractivity contribution in [2.75, 3.05) is 19.0 Å². The summed E-state index contributed by atoms with van der Waals surface area (Å²) in [5.74, 6) is 0.446. The van der Waals surface area contributed by atoms with Crippen molar-refractivity contribution < 1.29 is 9.53 Å². The number of esters is 1. The zero-order valence-corrected chi connectivity index (χ0v) is 21.7. The second-order valence-corrected chi connectivity index (χ2v) is 10.0. The number of hydrogen-bond donors (Lipinski definition) is 2. The van der Waals surface area contributed by atoms with Crippen molar-refractivity contribution in [1.82, 2.24) is 29.6 Å². The normalized spacial score (nSPS) is 13.6. The van der Waals surface area contributed by atoms with Crippen LogP contribution >= 0.6 is 0 Å². The number of rotatable bonds is 6. The van der Waals surface area contributed by atoms with Crippen LogP contribution in [-0.4, -0.2) is 43.9 Å². The molecule has 0 unspecified atom stereocenters. The van der Waals surface area contributed by atoms with E-state index in [4.69, 9.17) is 14.7 Å². The maximum absolute atomic E-state index is 13.4. The number of nitrogens with one attached hydrogen (secondary N) is 2. The van der Waals surface area contributed by atoms with E-state index in [0.29, 0.717) is 28.5 Å². The summed E-state index contributed by atoms with van der Waals surface area (Å²) in [6.45, 7) is 9.17. The smallest absolute Gasteiger partial charge is 0.317 e. The summed E-state index contributed by atoms with van der Waals surface area (Å²) in [4.78, 5) is 39.7. The van der Waals surface area contributed by atoms with Crippen molar-refractivity contribution in [2.45, 2.75) is 52.1 Å². The molecule has 0 radical (unpaired) electrons. The Morgan fingerprint density at radius 1 is 1.16 bits per heavy atom. The van der Waals surface area contributed by atoms with Crippen LogP contribution in [0.15, 0.2) is 47.4 Å². The maximum Gasteiger partial charge on any atom is 0.317 e. The first-order valence-corrected chi connectivity index (χ1v) is 12.4. The van der Waals surface area contributed by atoms with Crippen LogP contribution in [0.5, 0.6) is 0 Å². The van der Waals surface area contributed by atoms with E-state index >= 15 is 0 Å². The number of anilines is 2. The zero-order valence-electron chi connectivity index (χ0n) is 21.7. The number of ether oxygens (including phenoxy) is 1. The standard InChI is InChI=1S/C27H31N7O3/c1-16(2)33-24(35)20-15-29-26(30-19-10-9-17-11-12-28-14-18(17)13-19)32-23(20)34(33)22-8-6-7-21(31-22)27(3,4)25(36)37-5/h6-10,13,15-16,28H,11-12,14H2,1-5H3,(H,29,30,32). The fourth-order valence-electron chi connectivity index (χ4n) is 4.68. The van der Waals surface area contributed by atoms with E-state index in [-0.39, 0.29) is 11.6 Å². The number of aromatic nitrogens is 5. The van der Waals surface area contributed by atoms with Crippen molar-refractivity contribution in [3.63, 3.8) is 0 Å². The number of carbonyl (C=O) groups excluding carboxylic acids is 1.